The van der Waals surface area contributed by atoms with Crippen LogP contribution in [-0.2, 0) is 11.3 Å². The van der Waals surface area contributed by atoms with Gasteiger partial charge < -0.3 is 9.67 Å². The maximum atomic E-state index is 10.4. The van der Waals surface area contributed by atoms with E-state index in [1.807, 2.05) is 35.0 Å². The summed E-state index contributed by atoms with van der Waals surface area (Å²) in [6.45, 7) is 0.767. The minimum atomic E-state index is -0.938. The molecule has 0 saturated heterocycles. The molecule has 1 N–H and O–H groups in total. The van der Waals surface area contributed by atoms with E-state index in [0.717, 1.165) is 23.7 Å². The van der Waals surface area contributed by atoms with Crippen LogP contribution in [0.3, 0.4) is 0 Å². The molecule has 0 amide bonds. The molecule has 2 rings (SSSR count). The zero-order chi connectivity index (χ0) is 12.1. The largest absolute Gasteiger partial charge is 0.478 e. The van der Waals surface area contributed by atoms with Crippen molar-refractivity contribution in [2.24, 2.45) is 0 Å². The third-order valence-corrected chi connectivity index (χ3v) is 2.32. The molecule has 87 valence electrons. The number of benzene rings is 1. The van der Waals surface area contributed by atoms with Crippen LogP contribution in [0, 0.1) is 0 Å². The number of carboxylic acids is 1. The minimum absolute atomic E-state index is 0. The predicted octanol–water partition coefficient (Wildman–Crippen LogP) is 1.65. The predicted molar refractivity (Wildman–Crippen MR) is 70.2 cm³/mol. The first kappa shape index (κ1) is 14.7. The molecule has 0 saturated carbocycles. The summed E-state index contributed by atoms with van der Waals surface area (Å²) in [7, 11) is 0. The van der Waals surface area contributed by atoms with Crippen molar-refractivity contribution in [2.45, 2.75) is 6.54 Å². The molecule has 0 fully saturated rings. The van der Waals surface area contributed by atoms with Gasteiger partial charge in [-0.05, 0) is 17.2 Å². The zero-order valence-electron chi connectivity index (χ0n) is 10.2. The molecule has 4 nitrogen and oxygen atoms in total. The average Bonchev–Trinajstić information content (AvgIpc) is 2.81. The first-order chi connectivity index (χ1) is 8.24. The number of carbonyl (C=O) groups is 1. The van der Waals surface area contributed by atoms with Crippen LogP contribution in [-0.4, -0.2) is 50.2 Å². The van der Waals surface area contributed by atoms with Crippen molar-refractivity contribution in [2.75, 3.05) is 0 Å². The van der Waals surface area contributed by atoms with E-state index in [1.165, 1.54) is 0 Å². The topological polar surface area (TPSA) is 55.1 Å². The van der Waals surface area contributed by atoms with Crippen LogP contribution in [0.25, 0.3) is 6.08 Å². The Kier molecular flexibility index (Phi) is 5.85. The summed E-state index contributed by atoms with van der Waals surface area (Å²) in [5.74, 6) is -0.938. The number of aliphatic carboxylic acids is 1. The van der Waals surface area contributed by atoms with Crippen LogP contribution >= 0.6 is 0 Å². The summed E-state index contributed by atoms with van der Waals surface area (Å²) in [5.41, 5.74) is 2.03. The fraction of sp³-hybridized carbons (Fsp3) is 0.0769. The molecule has 0 aliphatic heterocycles. The van der Waals surface area contributed by atoms with Crippen LogP contribution < -0.4 is 0 Å². The van der Waals surface area contributed by atoms with Gasteiger partial charge in [0.1, 0.15) is 0 Å². The summed E-state index contributed by atoms with van der Waals surface area (Å²) >= 11 is 0. The quantitative estimate of drug-likeness (QED) is 0.664. The Labute approximate surface area is 127 Å². The van der Waals surface area contributed by atoms with Crippen molar-refractivity contribution >= 4 is 41.6 Å². The first-order valence-electron chi connectivity index (χ1n) is 5.20. The first-order valence-corrected chi connectivity index (χ1v) is 5.20. The summed E-state index contributed by atoms with van der Waals surface area (Å²) < 4.78 is 1.97. The summed E-state index contributed by atoms with van der Waals surface area (Å²) in [4.78, 5) is 14.3. The summed E-state index contributed by atoms with van der Waals surface area (Å²) in [6.07, 6.45) is 8.11. The van der Waals surface area contributed by atoms with Crippen LogP contribution in [0.15, 0.2) is 49.1 Å². The number of hydrogen-bond donors (Lipinski definition) is 1. The number of rotatable bonds is 4. The number of nitrogens with zero attached hydrogens (tertiary/aromatic N) is 2. The Morgan fingerprint density at radius 3 is 2.61 bits per heavy atom. The molecule has 2 aromatic rings. The normalized spacial score (nSPS) is 10.2. The van der Waals surface area contributed by atoms with Gasteiger partial charge in [0.05, 0.1) is 6.33 Å². The molecule has 1 radical (unpaired) electrons. The second-order valence-electron chi connectivity index (χ2n) is 3.65. The average molecular weight is 251 g/mol. The monoisotopic (exact) mass is 251 g/mol. The molecule has 0 spiro atoms. The van der Waals surface area contributed by atoms with E-state index in [0.29, 0.717) is 0 Å². The molecule has 1 aromatic carbocycles. The number of hydrogen-bond acceptors (Lipinski definition) is 2. The molecule has 0 atom stereocenters. The fourth-order valence-corrected chi connectivity index (χ4v) is 1.49. The van der Waals surface area contributed by atoms with Gasteiger partial charge in [0.2, 0.25) is 0 Å². The van der Waals surface area contributed by atoms with Crippen molar-refractivity contribution in [3.05, 3.63) is 60.2 Å². The molecular formula is C13H12N2NaO2. The third-order valence-electron chi connectivity index (χ3n) is 2.32. The third kappa shape index (κ3) is 4.49. The molecule has 0 unspecified atom stereocenters. The van der Waals surface area contributed by atoms with Crippen LogP contribution in [0.4, 0.5) is 0 Å². The minimum Gasteiger partial charge on any atom is -0.478 e. The Balaban J connectivity index is 0.00000162. The van der Waals surface area contributed by atoms with Crippen molar-refractivity contribution in [3.8, 4) is 0 Å². The van der Waals surface area contributed by atoms with Gasteiger partial charge in [0.25, 0.3) is 0 Å². The summed E-state index contributed by atoms with van der Waals surface area (Å²) in [6, 6.07) is 7.74. The van der Waals surface area contributed by atoms with E-state index in [4.69, 9.17) is 5.11 Å². The number of imidazole rings is 1. The zero-order valence-corrected chi connectivity index (χ0v) is 12.2. The second-order valence-corrected chi connectivity index (χ2v) is 3.65. The maximum Gasteiger partial charge on any atom is 0.328 e. The summed E-state index contributed by atoms with van der Waals surface area (Å²) in [5, 5.41) is 8.50. The van der Waals surface area contributed by atoms with E-state index in [9.17, 15) is 4.79 Å². The molecule has 0 aliphatic carbocycles. The van der Waals surface area contributed by atoms with Gasteiger partial charge in [-0.2, -0.15) is 0 Å². The van der Waals surface area contributed by atoms with E-state index in [-0.39, 0.29) is 29.6 Å². The number of aromatic nitrogens is 2. The smallest absolute Gasteiger partial charge is 0.328 e. The van der Waals surface area contributed by atoms with Gasteiger partial charge in [-0.3, -0.25) is 0 Å². The molecular weight excluding hydrogens is 239 g/mol. The van der Waals surface area contributed by atoms with Crippen molar-refractivity contribution in [3.63, 3.8) is 0 Å². The SMILES string of the molecule is O=C(O)/C=C/c1ccc(Cn2ccnc2)cc1.[Na]. The molecule has 1 heterocycles. The Morgan fingerprint density at radius 1 is 1.33 bits per heavy atom. The fourth-order valence-electron chi connectivity index (χ4n) is 1.49. The van der Waals surface area contributed by atoms with Crippen LogP contribution in [0.1, 0.15) is 11.1 Å². The number of carboxylic acid groups (broad SMARTS) is 1. The molecule has 1 aromatic heterocycles. The van der Waals surface area contributed by atoms with Gasteiger partial charge in [0, 0.05) is 54.6 Å². The molecule has 0 bridgehead atoms. The van der Waals surface area contributed by atoms with Crippen molar-refractivity contribution in [1.29, 1.82) is 0 Å². The van der Waals surface area contributed by atoms with Gasteiger partial charge >= 0.3 is 5.97 Å². The second kappa shape index (κ2) is 7.16. The molecule has 0 aliphatic rings. The van der Waals surface area contributed by atoms with E-state index < -0.39 is 5.97 Å². The van der Waals surface area contributed by atoms with Gasteiger partial charge in [-0.25, -0.2) is 9.78 Å². The van der Waals surface area contributed by atoms with Crippen LogP contribution in [0.2, 0.25) is 0 Å². The molecule has 18 heavy (non-hydrogen) atoms. The van der Waals surface area contributed by atoms with E-state index in [1.54, 1.807) is 18.6 Å². The van der Waals surface area contributed by atoms with Crippen molar-refractivity contribution in [1.82, 2.24) is 9.55 Å². The van der Waals surface area contributed by atoms with Gasteiger partial charge in [-0.1, -0.05) is 24.3 Å². The maximum absolute atomic E-state index is 10.4. The standard InChI is InChI=1S/C13H12N2O2.Na/c16-13(17)6-5-11-1-3-12(4-2-11)9-15-8-7-14-10-15;/h1-8,10H,9H2,(H,16,17);/b6-5+;. The molecule has 5 heteroatoms. The van der Waals surface area contributed by atoms with Crippen LogP contribution in [0.5, 0.6) is 0 Å². The van der Waals surface area contributed by atoms with E-state index in [2.05, 4.69) is 4.98 Å². The Hall–Kier alpha value is -1.36. The Morgan fingerprint density at radius 2 is 2.06 bits per heavy atom. The van der Waals surface area contributed by atoms with E-state index >= 15 is 0 Å². The van der Waals surface area contributed by atoms with Gasteiger partial charge in [0.15, 0.2) is 0 Å². The van der Waals surface area contributed by atoms with Gasteiger partial charge in [-0.15, -0.1) is 0 Å². The Bertz CT molecular complexity index is 518. The van der Waals surface area contributed by atoms with Crippen molar-refractivity contribution < 1.29 is 9.90 Å².